The first-order valence-corrected chi connectivity index (χ1v) is 7.03. The minimum Gasteiger partial charge on any atom is -0.389 e. The average Bonchev–Trinajstić information content (AvgIpc) is 3.18. The van der Waals surface area contributed by atoms with Crippen LogP contribution in [0.5, 0.6) is 0 Å². The molecule has 0 bridgehead atoms. The normalized spacial score (nSPS) is 15.2. The van der Waals surface area contributed by atoms with Crippen molar-refractivity contribution in [2.75, 3.05) is 11.4 Å². The molecule has 1 aromatic carbocycles. The van der Waals surface area contributed by atoms with E-state index >= 15 is 0 Å². The highest BCUT2D eigenvalue weighted by molar-refractivity contribution is 7.80. The Morgan fingerprint density at radius 1 is 1.40 bits per heavy atom. The van der Waals surface area contributed by atoms with Gasteiger partial charge in [0.2, 0.25) is 0 Å². The van der Waals surface area contributed by atoms with Crippen LogP contribution in [-0.2, 0) is 6.18 Å². The average molecular weight is 302 g/mol. The standard InChI is InChI=1S/C14H17F3N2S/c1-2-7-19(9-3-4-9)10-5-6-11(13(18)20)12(8-10)14(15,16)17/h5-6,8-9H,2-4,7H2,1H3,(H2,18,20). The predicted octanol–water partition coefficient (Wildman–Crippen LogP) is 3.72. The van der Waals surface area contributed by atoms with E-state index < -0.39 is 11.7 Å². The molecule has 0 radical (unpaired) electrons. The van der Waals surface area contributed by atoms with Crippen LogP contribution in [0.4, 0.5) is 18.9 Å². The first-order chi connectivity index (χ1) is 9.34. The maximum atomic E-state index is 13.1. The van der Waals surface area contributed by atoms with Crippen LogP contribution in [0.3, 0.4) is 0 Å². The van der Waals surface area contributed by atoms with Crippen molar-refractivity contribution in [2.45, 2.75) is 38.4 Å². The molecular weight excluding hydrogens is 285 g/mol. The molecule has 2 rings (SSSR count). The summed E-state index contributed by atoms with van der Waals surface area (Å²) in [5, 5.41) is 0. The van der Waals surface area contributed by atoms with E-state index in [2.05, 4.69) is 0 Å². The molecule has 20 heavy (non-hydrogen) atoms. The van der Waals surface area contributed by atoms with E-state index in [1.807, 2.05) is 11.8 Å². The zero-order chi connectivity index (χ0) is 14.9. The fourth-order valence-electron chi connectivity index (χ4n) is 2.31. The Morgan fingerprint density at radius 3 is 2.50 bits per heavy atom. The molecule has 1 aliphatic carbocycles. The monoisotopic (exact) mass is 302 g/mol. The first-order valence-electron chi connectivity index (χ1n) is 6.62. The van der Waals surface area contributed by atoms with Crippen LogP contribution in [0.1, 0.15) is 37.3 Å². The van der Waals surface area contributed by atoms with E-state index in [1.165, 1.54) is 12.1 Å². The van der Waals surface area contributed by atoms with Gasteiger partial charge in [-0.2, -0.15) is 13.2 Å². The molecule has 0 atom stereocenters. The zero-order valence-corrected chi connectivity index (χ0v) is 12.0. The Morgan fingerprint density at radius 2 is 2.05 bits per heavy atom. The Kier molecular flexibility index (Phi) is 4.22. The summed E-state index contributed by atoms with van der Waals surface area (Å²) in [5.41, 5.74) is 5.13. The summed E-state index contributed by atoms with van der Waals surface area (Å²) in [6.45, 7) is 2.78. The smallest absolute Gasteiger partial charge is 0.389 e. The SMILES string of the molecule is CCCN(c1ccc(C(N)=S)c(C(F)(F)F)c1)C1CC1. The van der Waals surface area contributed by atoms with E-state index in [-0.39, 0.29) is 10.6 Å². The Balaban J connectivity index is 2.43. The number of hydrogen-bond donors (Lipinski definition) is 1. The van der Waals surface area contributed by atoms with Gasteiger partial charge >= 0.3 is 6.18 Å². The molecule has 1 aromatic rings. The van der Waals surface area contributed by atoms with Crippen LogP contribution >= 0.6 is 12.2 Å². The summed E-state index contributed by atoms with van der Waals surface area (Å²) in [5.74, 6) is 0. The Hall–Kier alpha value is -1.30. The third-order valence-corrected chi connectivity index (χ3v) is 3.58. The number of benzene rings is 1. The van der Waals surface area contributed by atoms with E-state index in [4.69, 9.17) is 18.0 Å². The summed E-state index contributed by atoms with van der Waals surface area (Å²) in [6.07, 6.45) is -1.47. The topological polar surface area (TPSA) is 29.3 Å². The fourth-order valence-corrected chi connectivity index (χ4v) is 2.49. The van der Waals surface area contributed by atoms with Gasteiger partial charge < -0.3 is 10.6 Å². The van der Waals surface area contributed by atoms with Crippen LogP contribution in [0.25, 0.3) is 0 Å². The lowest BCUT2D eigenvalue weighted by atomic mass is 10.1. The number of anilines is 1. The molecule has 1 saturated carbocycles. The second kappa shape index (κ2) is 5.60. The predicted molar refractivity (Wildman–Crippen MR) is 78.0 cm³/mol. The van der Waals surface area contributed by atoms with Crippen LogP contribution in [0.15, 0.2) is 18.2 Å². The Bertz CT molecular complexity index is 510. The quantitative estimate of drug-likeness (QED) is 0.841. The summed E-state index contributed by atoms with van der Waals surface area (Å²) in [6, 6.07) is 4.60. The van der Waals surface area contributed by atoms with Crippen molar-refractivity contribution in [1.29, 1.82) is 0 Å². The van der Waals surface area contributed by atoms with Gasteiger partial charge in [0.25, 0.3) is 0 Å². The lowest BCUT2D eigenvalue weighted by Crippen LogP contribution is -2.27. The van der Waals surface area contributed by atoms with Gasteiger partial charge in [-0.1, -0.05) is 19.1 Å². The highest BCUT2D eigenvalue weighted by atomic mass is 32.1. The molecular formula is C14H17F3N2S. The molecule has 1 aliphatic rings. The third-order valence-electron chi connectivity index (χ3n) is 3.36. The van der Waals surface area contributed by atoms with Crippen LogP contribution in [0, 0.1) is 0 Å². The second-order valence-electron chi connectivity index (χ2n) is 5.02. The molecule has 2 nitrogen and oxygen atoms in total. The van der Waals surface area contributed by atoms with Crippen molar-refractivity contribution < 1.29 is 13.2 Å². The number of hydrogen-bond acceptors (Lipinski definition) is 2. The number of nitrogens with two attached hydrogens (primary N) is 1. The molecule has 0 spiro atoms. The zero-order valence-electron chi connectivity index (χ0n) is 11.2. The molecule has 0 saturated heterocycles. The minimum absolute atomic E-state index is 0.108. The van der Waals surface area contributed by atoms with Gasteiger partial charge in [0.15, 0.2) is 0 Å². The van der Waals surface area contributed by atoms with Crippen molar-refractivity contribution in [2.24, 2.45) is 5.73 Å². The number of nitrogens with zero attached hydrogens (tertiary/aromatic N) is 1. The molecule has 6 heteroatoms. The largest absolute Gasteiger partial charge is 0.417 e. The molecule has 0 aromatic heterocycles. The van der Waals surface area contributed by atoms with Gasteiger partial charge in [-0.15, -0.1) is 0 Å². The summed E-state index contributed by atoms with van der Waals surface area (Å²) >= 11 is 4.71. The Labute approximate surface area is 121 Å². The van der Waals surface area contributed by atoms with E-state index in [9.17, 15) is 13.2 Å². The van der Waals surface area contributed by atoms with Gasteiger partial charge in [0.1, 0.15) is 4.99 Å². The number of thiocarbonyl (C=S) groups is 1. The summed E-state index contributed by atoms with van der Waals surface area (Å²) < 4.78 is 39.4. The van der Waals surface area contributed by atoms with Crippen LogP contribution in [-0.4, -0.2) is 17.6 Å². The molecule has 1 fully saturated rings. The van der Waals surface area contributed by atoms with Gasteiger partial charge in [-0.25, -0.2) is 0 Å². The minimum atomic E-state index is -4.45. The molecule has 0 heterocycles. The number of rotatable bonds is 5. The summed E-state index contributed by atoms with van der Waals surface area (Å²) in [7, 11) is 0. The van der Waals surface area contributed by atoms with E-state index in [0.29, 0.717) is 11.7 Å². The molecule has 110 valence electrons. The van der Waals surface area contributed by atoms with Crippen LogP contribution < -0.4 is 10.6 Å². The molecule has 0 aliphatic heterocycles. The lowest BCUT2D eigenvalue weighted by Gasteiger charge is -2.25. The van der Waals surface area contributed by atoms with Crippen molar-refractivity contribution in [3.8, 4) is 0 Å². The van der Waals surface area contributed by atoms with Crippen molar-refractivity contribution in [3.63, 3.8) is 0 Å². The van der Waals surface area contributed by atoms with Crippen molar-refractivity contribution in [1.82, 2.24) is 0 Å². The maximum absolute atomic E-state index is 13.1. The van der Waals surface area contributed by atoms with Gasteiger partial charge in [0.05, 0.1) is 5.56 Å². The fraction of sp³-hybridized carbons (Fsp3) is 0.500. The van der Waals surface area contributed by atoms with Gasteiger partial charge in [-0.3, -0.25) is 0 Å². The van der Waals surface area contributed by atoms with E-state index in [1.54, 1.807) is 6.07 Å². The summed E-state index contributed by atoms with van der Waals surface area (Å²) in [4.78, 5) is 1.82. The molecule has 2 N–H and O–H groups in total. The first kappa shape index (κ1) is 15.1. The number of halogens is 3. The third kappa shape index (κ3) is 3.23. The van der Waals surface area contributed by atoms with Gasteiger partial charge in [0, 0.05) is 23.8 Å². The number of alkyl halides is 3. The lowest BCUT2D eigenvalue weighted by molar-refractivity contribution is -0.137. The second-order valence-corrected chi connectivity index (χ2v) is 5.46. The highest BCUT2D eigenvalue weighted by Gasteiger charge is 2.36. The van der Waals surface area contributed by atoms with Crippen molar-refractivity contribution >= 4 is 22.9 Å². The molecule has 0 amide bonds. The maximum Gasteiger partial charge on any atom is 0.417 e. The molecule has 0 unspecified atom stereocenters. The van der Waals surface area contributed by atoms with Gasteiger partial charge in [-0.05, 0) is 37.5 Å². The van der Waals surface area contributed by atoms with Crippen molar-refractivity contribution in [3.05, 3.63) is 29.3 Å². The van der Waals surface area contributed by atoms with Crippen LogP contribution in [0.2, 0.25) is 0 Å². The highest BCUT2D eigenvalue weighted by Crippen LogP contribution is 2.37. The van der Waals surface area contributed by atoms with E-state index in [0.717, 1.165) is 25.8 Å².